The van der Waals surface area contributed by atoms with Crippen molar-refractivity contribution < 1.29 is 13.9 Å². The molecule has 1 heterocycles. The number of nitrogens with zero attached hydrogens (tertiary/aromatic N) is 3. The summed E-state index contributed by atoms with van der Waals surface area (Å²) in [6, 6.07) is 18.4. The largest absolute Gasteiger partial charge is 0.494 e. The van der Waals surface area contributed by atoms with Gasteiger partial charge in [-0.05, 0) is 37.1 Å². The molecule has 0 radical (unpaired) electrons. The van der Waals surface area contributed by atoms with Gasteiger partial charge in [0.2, 0.25) is 5.89 Å². The monoisotopic (exact) mass is 407 g/mol. The summed E-state index contributed by atoms with van der Waals surface area (Å²) in [5.41, 5.74) is 2.72. The molecular formula is C24H29N3O3. The van der Waals surface area contributed by atoms with Crippen LogP contribution in [0.4, 0.5) is 0 Å². The van der Waals surface area contributed by atoms with Gasteiger partial charge in [-0.2, -0.15) is 0 Å². The normalized spacial score (nSPS) is 10.9. The molecule has 0 aliphatic carbocycles. The van der Waals surface area contributed by atoms with Gasteiger partial charge in [0.25, 0.3) is 5.91 Å². The standard InChI is InChI=1S/C24H29N3O3/c1-4-26(3)24(28)22-18-30-23(25-22)17-27(15-19-9-7-6-8-10-19)16-20-11-13-21(14-12-20)29-5-2/h6-14,18H,4-5,15-17H2,1-3H3. The molecule has 0 aliphatic rings. The van der Waals surface area contributed by atoms with Crippen molar-refractivity contribution in [3.8, 4) is 5.75 Å². The van der Waals surface area contributed by atoms with Gasteiger partial charge < -0.3 is 14.1 Å². The highest BCUT2D eigenvalue weighted by atomic mass is 16.5. The Morgan fingerprint density at radius 3 is 2.27 bits per heavy atom. The van der Waals surface area contributed by atoms with Crippen molar-refractivity contribution in [2.24, 2.45) is 0 Å². The Hall–Kier alpha value is -3.12. The van der Waals surface area contributed by atoms with E-state index in [9.17, 15) is 4.79 Å². The minimum atomic E-state index is -0.131. The molecule has 0 saturated heterocycles. The SMILES string of the molecule is CCOc1ccc(CN(Cc2ccccc2)Cc2nc(C(=O)N(C)CC)co2)cc1. The summed E-state index contributed by atoms with van der Waals surface area (Å²) in [6.07, 6.45) is 1.45. The molecule has 158 valence electrons. The van der Waals surface area contributed by atoms with E-state index in [1.165, 1.54) is 17.4 Å². The van der Waals surface area contributed by atoms with E-state index in [1.54, 1.807) is 11.9 Å². The Balaban J connectivity index is 1.74. The third-order valence-corrected chi connectivity index (χ3v) is 4.84. The quantitative estimate of drug-likeness (QED) is 0.500. The van der Waals surface area contributed by atoms with E-state index in [2.05, 4.69) is 34.1 Å². The molecule has 0 fully saturated rings. The van der Waals surface area contributed by atoms with Crippen LogP contribution in [0.3, 0.4) is 0 Å². The van der Waals surface area contributed by atoms with Crippen molar-refractivity contribution in [1.82, 2.24) is 14.8 Å². The molecule has 3 rings (SSSR count). The first-order valence-electron chi connectivity index (χ1n) is 10.3. The Kier molecular flexibility index (Phi) is 7.63. The van der Waals surface area contributed by atoms with Gasteiger partial charge in [0.15, 0.2) is 5.69 Å². The zero-order valence-corrected chi connectivity index (χ0v) is 17.9. The van der Waals surface area contributed by atoms with Crippen LogP contribution < -0.4 is 4.74 Å². The van der Waals surface area contributed by atoms with Gasteiger partial charge in [0, 0.05) is 26.7 Å². The number of rotatable bonds is 10. The number of ether oxygens (including phenoxy) is 1. The second-order valence-electron chi connectivity index (χ2n) is 7.15. The molecule has 30 heavy (non-hydrogen) atoms. The minimum absolute atomic E-state index is 0.131. The van der Waals surface area contributed by atoms with Crippen LogP contribution in [-0.4, -0.2) is 40.9 Å². The van der Waals surface area contributed by atoms with Crippen molar-refractivity contribution >= 4 is 5.91 Å². The van der Waals surface area contributed by atoms with E-state index >= 15 is 0 Å². The zero-order chi connectivity index (χ0) is 21.3. The maximum Gasteiger partial charge on any atom is 0.275 e. The lowest BCUT2D eigenvalue weighted by Gasteiger charge is -2.21. The van der Waals surface area contributed by atoms with Crippen LogP contribution in [-0.2, 0) is 19.6 Å². The number of hydrogen-bond acceptors (Lipinski definition) is 5. The van der Waals surface area contributed by atoms with E-state index < -0.39 is 0 Å². The number of amides is 1. The summed E-state index contributed by atoms with van der Waals surface area (Å²) in [4.78, 5) is 20.6. The Morgan fingerprint density at radius 2 is 1.63 bits per heavy atom. The molecule has 1 amide bonds. The molecule has 1 aromatic heterocycles. The lowest BCUT2D eigenvalue weighted by atomic mass is 10.1. The van der Waals surface area contributed by atoms with Crippen molar-refractivity contribution in [3.05, 3.63) is 83.6 Å². The summed E-state index contributed by atoms with van der Waals surface area (Å²) in [6.45, 7) is 7.15. The van der Waals surface area contributed by atoms with E-state index in [4.69, 9.17) is 9.15 Å². The first-order chi connectivity index (χ1) is 14.6. The van der Waals surface area contributed by atoms with Gasteiger partial charge in [-0.1, -0.05) is 42.5 Å². The third-order valence-electron chi connectivity index (χ3n) is 4.84. The lowest BCUT2D eigenvalue weighted by molar-refractivity contribution is 0.0796. The zero-order valence-electron chi connectivity index (χ0n) is 17.9. The number of oxazole rings is 1. The predicted molar refractivity (Wildman–Crippen MR) is 116 cm³/mol. The van der Waals surface area contributed by atoms with Gasteiger partial charge in [-0.3, -0.25) is 9.69 Å². The van der Waals surface area contributed by atoms with Gasteiger partial charge in [0.05, 0.1) is 13.2 Å². The highest BCUT2D eigenvalue weighted by Gasteiger charge is 2.17. The van der Waals surface area contributed by atoms with Gasteiger partial charge in [-0.25, -0.2) is 4.98 Å². The van der Waals surface area contributed by atoms with Crippen LogP contribution in [0.5, 0.6) is 5.75 Å². The number of carbonyl (C=O) groups is 1. The summed E-state index contributed by atoms with van der Waals surface area (Å²) in [7, 11) is 1.75. The van der Waals surface area contributed by atoms with E-state index in [1.807, 2.05) is 44.2 Å². The summed E-state index contributed by atoms with van der Waals surface area (Å²) >= 11 is 0. The number of carbonyl (C=O) groups excluding carboxylic acids is 1. The molecule has 0 unspecified atom stereocenters. The topological polar surface area (TPSA) is 58.8 Å². The molecule has 0 saturated carbocycles. The summed E-state index contributed by atoms with van der Waals surface area (Å²) < 4.78 is 11.2. The first kappa shape index (κ1) is 21.6. The van der Waals surface area contributed by atoms with E-state index in [-0.39, 0.29) is 5.91 Å². The van der Waals surface area contributed by atoms with Crippen molar-refractivity contribution in [1.29, 1.82) is 0 Å². The average Bonchev–Trinajstić information content (AvgIpc) is 3.23. The molecule has 0 atom stereocenters. The second-order valence-corrected chi connectivity index (χ2v) is 7.15. The summed E-state index contributed by atoms with van der Waals surface area (Å²) in [5, 5.41) is 0. The third kappa shape index (κ3) is 5.94. The molecule has 0 aliphatic heterocycles. The molecule has 2 aromatic carbocycles. The Labute approximate surface area is 178 Å². The molecule has 0 N–H and O–H groups in total. The number of hydrogen-bond donors (Lipinski definition) is 0. The number of aromatic nitrogens is 1. The lowest BCUT2D eigenvalue weighted by Crippen LogP contribution is -2.26. The van der Waals surface area contributed by atoms with Crippen LogP contribution >= 0.6 is 0 Å². The fraction of sp³-hybridized carbons (Fsp3) is 0.333. The molecular weight excluding hydrogens is 378 g/mol. The van der Waals surface area contributed by atoms with E-state index in [0.29, 0.717) is 31.3 Å². The average molecular weight is 408 g/mol. The second kappa shape index (κ2) is 10.6. The van der Waals surface area contributed by atoms with Crippen LogP contribution in [0.1, 0.15) is 41.4 Å². The first-order valence-corrected chi connectivity index (χ1v) is 10.3. The predicted octanol–water partition coefficient (Wildman–Crippen LogP) is 4.37. The van der Waals surface area contributed by atoms with Crippen molar-refractivity contribution in [3.63, 3.8) is 0 Å². The van der Waals surface area contributed by atoms with Crippen LogP contribution in [0, 0.1) is 0 Å². The Bertz CT molecular complexity index is 922. The van der Waals surface area contributed by atoms with E-state index in [0.717, 1.165) is 18.8 Å². The fourth-order valence-electron chi connectivity index (χ4n) is 3.14. The van der Waals surface area contributed by atoms with Crippen LogP contribution in [0.15, 0.2) is 65.3 Å². The van der Waals surface area contributed by atoms with Crippen LogP contribution in [0.2, 0.25) is 0 Å². The van der Waals surface area contributed by atoms with Crippen molar-refractivity contribution in [2.75, 3.05) is 20.2 Å². The highest BCUT2D eigenvalue weighted by molar-refractivity contribution is 5.91. The van der Waals surface area contributed by atoms with Crippen molar-refractivity contribution in [2.45, 2.75) is 33.5 Å². The fourth-order valence-corrected chi connectivity index (χ4v) is 3.14. The molecule has 3 aromatic rings. The molecule has 6 heteroatoms. The Morgan fingerprint density at radius 1 is 0.967 bits per heavy atom. The van der Waals surface area contributed by atoms with Gasteiger partial charge in [-0.15, -0.1) is 0 Å². The van der Waals surface area contributed by atoms with Crippen LogP contribution in [0.25, 0.3) is 0 Å². The number of benzene rings is 2. The summed E-state index contributed by atoms with van der Waals surface area (Å²) in [5.74, 6) is 1.27. The maximum atomic E-state index is 12.3. The minimum Gasteiger partial charge on any atom is -0.494 e. The molecule has 6 nitrogen and oxygen atoms in total. The van der Waals surface area contributed by atoms with Gasteiger partial charge >= 0.3 is 0 Å². The molecule has 0 spiro atoms. The smallest absolute Gasteiger partial charge is 0.275 e. The molecule has 0 bridgehead atoms. The highest BCUT2D eigenvalue weighted by Crippen LogP contribution is 2.17. The van der Waals surface area contributed by atoms with Gasteiger partial charge in [0.1, 0.15) is 12.0 Å². The maximum absolute atomic E-state index is 12.3.